The van der Waals surface area contributed by atoms with Gasteiger partial charge in [-0.15, -0.1) is 0 Å². The normalized spacial score (nSPS) is 35.3. The van der Waals surface area contributed by atoms with E-state index in [-0.39, 0.29) is 6.09 Å². The van der Waals surface area contributed by atoms with Gasteiger partial charge in [-0.2, -0.15) is 0 Å². The fourth-order valence-electron chi connectivity index (χ4n) is 4.11. The molecular weight excluding hydrogens is 240 g/mol. The zero-order valence-electron chi connectivity index (χ0n) is 12.2. The van der Waals surface area contributed by atoms with E-state index in [1.807, 2.05) is 11.8 Å². The molecule has 4 nitrogen and oxygen atoms in total. The van der Waals surface area contributed by atoms with Crippen molar-refractivity contribution in [2.45, 2.75) is 64.1 Å². The highest BCUT2D eigenvalue weighted by Gasteiger charge is 2.46. The van der Waals surface area contributed by atoms with Crippen molar-refractivity contribution in [3.63, 3.8) is 0 Å². The van der Waals surface area contributed by atoms with E-state index >= 15 is 0 Å². The summed E-state index contributed by atoms with van der Waals surface area (Å²) in [6.45, 7) is 7.22. The van der Waals surface area contributed by atoms with Crippen molar-refractivity contribution in [3.8, 4) is 0 Å². The Kier molecular flexibility index (Phi) is 3.70. The lowest BCUT2D eigenvalue weighted by Crippen LogP contribution is -2.58. The van der Waals surface area contributed by atoms with Crippen LogP contribution in [0.3, 0.4) is 0 Å². The van der Waals surface area contributed by atoms with Crippen LogP contribution >= 0.6 is 0 Å². The van der Waals surface area contributed by atoms with Crippen LogP contribution in [-0.2, 0) is 4.74 Å². The number of likely N-dealkylation sites (tertiary alicyclic amines) is 1. The molecule has 0 saturated carbocycles. The SMILES string of the molecule is CCOC(=O)N1C2CCC1CC(N1CC(CC)C1)C2. The van der Waals surface area contributed by atoms with Crippen molar-refractivity contribution in [1.82, 2.24) is 9.80 Å². The summed E-state index contributed by atoms with van der Waals surface area (Å²) in [7, 11) is 0. The second-order valence-corrected chi connectivity index (χ2v) is 6.34. The highest BCUT2D eigenvalue weighted by Crippen LogP contribution is 2.39. The van der Waals surface area contributed by atoms with Crippen LogP contribution in [0.4, 0.5) is 4.79 Å². The van der Waals surface area contributed by atoms with E-state index in [1.165, 1.54) is 32.4 Å². The zero-order valence-corrected chi connectivity index (χ0v) is 12.2. The largest absolute Gasteiger partial charge is 0.450 e. The number of fused-ring (bicyclic) bond motifs is 2. The van der Waals surface area contributed by atoms with Crippen LogP contribution in [-0.4, -0.2) is 53.7 Å². The molecule has 3 aliphatic heterocycles. The fourth-order valence-corrected chi connectivity index (χ4v) is 4.11. The molecule has 3 heterocycles. The summed E-state index contributed by atoms with van der Waals surface area (Å²) in [5.74, 6) is 0.917. The summed E-state index contributed by atoms with van der Waals surface area (Å²) in [6, 6.07) is 1.58. The Morgan fingerprint density at radius 3 is 2.26 bits per heavy atom. The maximum atomic E-state index is 12.0. The molecule has 4 heteroatoms. The van der Waals surface area contributed by atoms with Gasteiger partial charge in [-0.1, -0.05) is 13.3 Å². The summed E-state index contributed by atoms with van der Waals surface area (Å²) in [4.78, 5) is 16.7. The minimum atomic E-state index is -0.0801. The van der Waals surface area contributed by atoms with E-state index in [1.54, 1.807) is 0 Å². The number of ether oxygens (including phenoxy) is 1. The number of carbonyl (C=O) groups excluding carboxylic acids is 1. The van der Waals surface area contributed by atoms with Gasteiger partial charge >= 0.3 is 6.09 Å². The van der Waals surface area contributed by atoms with Gasteiger partial charge in [-0.25, -0.2) is 4.79 Å². The molecule has 2 atom stereocenters. The molecule has 2 bridgehead atoms. The third-order valence-corrected chi connectivity index (χ3v) is 5.27. The van der Waals surface area contributed by atoms with Crippen molar-refractivity contribution >= 4 is 6.09 Å². The van der Waals surface area contributed by atoms with Crippen LogP contribution in [0.25, 0.3) is 0 Å². The third-order valence-electron chi connectivity index (χ3n) is 5.27. The highest BCUT2D eigenvalue weighted by atomic mass is 16.6. The summed E-state index contributed by atoms with van der Waals surface area (Å²) < 4.78 is 5.21. The lowest BCUT2D eigenvalue weighted by atomic mass is 9.89. The molecule has 0 radical (unpaired) electrons. The van der Waals surface area contributed by atoms with E-state index in [9.17, 15) is 4.79 Å². The second kappa shape index (κ2) is 5.31. The molecule has 3 saturated heterocycles. The lowest BCUT2D eigenvalue weighted by molar-refractivity contribution is -0.00498. The first-order valence-electron chi connectivity index (χ1n) is 7.92. The predicted molar refractivity (Wildman–Crippen MR) is 74.0 cm³/mol. The van der Waals surface area contributed by atoms with Crippen LogP contribution in [0.5, 0.6) is 0 Å². The van der Waals surface area contributed by atoms with E-state index in [4.69, 9.17) is 4.74 Å². The summed E-state index contributed by atoms with van der Waals surface area (Å²) in [6.07, 6.45) is 5.89. The number of nitrogens with zero attached hydrogens (tertiary/aromatic N) is 2. The van der Waals surface area contributed by atoms with Gasteiger partial charge in [-0.05, 0) is 38.5 Å². The van der Waals surface area contributed by atoms with Gasteiger partial charge in [0, 0.05) is 31.2 Å². The van der Waals surface area contributed by atoms with Crippen molar-refractivity contribution in [2.75, 3.05) is 19.7 Å². The van der Waals surface area contributed by atoms with Crippen LogP contribution in [0.15, 0.2) is 0 Å². The lowest BCUT2D eigenvalue weighted by Gasteiger charge is -2.49. The summed E-state index contributed by atoms with van der Waals surface area (Å²) in [5, 5.41) is 0. The van der Waals surface area contributed by atoms with Crippen LogP contribution < -0.4 is 0 Å². The molecule has 0 aromatic carbocycles. The number of amides is 1. The zero-order chi connectivity index (χ0) is 13.4. The average molecular weight is 266 g/mol. The number of piperidine rings is 1. The first-order chi connectivity index (χ1) is 9.22. The summed E-state index contributed by atoms with van der Waals surface area (Å²) in [5.41, 5.74) is 0. The monoisotopic (exact) mass is 266 g/mol. The molecular formula is C15H26N2O2. The van der Waals surface area contributed by atoms with Crippen molar-refractivity contribution in [2.24, 2.45) is 5.92 Å². The molecule has 3 aliphatic rings. The molecule has 0 aromatic rings. The van der Waals surface area contributed by atoms with Gasteiger partial charge < -0.3 is 9.64 Å². The van der Waals surface area contributed by atoms with E-state index < -0.39 is 0 Å². The Morgan fingerprint density at radius 2 is 1.74 bits per heavy atom. The molecule has 3 fully saturated rings. The minimum absolute atomic E-state index is 0.0801. The standard InChI is InChI=1S/C15H26N2O2/c1-3-11-9-16(10-11)14-7-12-5-6-13(8-14)17(12)15(18)19-4-2/h11-14H,3-10H2,1-2H3. The number of rotatable bonds is 3. The maximum Gasteiger partial charge on any atom is 0.410 e. The Balaban J connectivity index is 1.58. The smallest absolute Gasteiger partial charge is 0.410 e. The molecule has 3 rings (SSSR count). The van der Waals surface area contributed by atoms with E-state index in [0.29, 0.717) is 24.7 Å². The first-order valence-corrected chi connectivity index (χ1v) is 7.92. The highest BCUT2D eigenvalue weighted by molar-refractivity contribution is 5.69. The van der Waals surface area contributed by atoms with Gasteiger partial charge in [0.25, 0.3) is 0 Å². The topological polar surface area (TPSA) is 32.8 Å². The fraction of sp³-hybridized carbons (Fsp3) is 0.933. The number of carbonyl (C=O) groups is 1. The van der Waals surface area contributed by atoms with Gasteiger partial charge in [-0.3, -0.25) is 4.90 Å². The second-order valence-electron chi connectivity index (χ2n) is 6.34. The average Bonchev–Trinajstić information content (AvgIpc) is 2.60. The molecule has 2 unspecified atom stereocenters. The molecule has 0 aromatic heterocycles. The van der Waals surface area contributed by atoms with E-state index in [0.717, 1.165) is 18.8 Å². The molecule has 0 N–H and O–H groups in total. The maximum absolute atomic E-state index is 12.0. The summed E-state index contributed by atoms with van der Waals surface area (Å²) >= 11 is 0. The van der Waals surface area contributed by atoms with Gasteiger partial charge in [0.1, 0.15) is 0 Å². The van der Waals surface area contributed by atoms with Gasteiger partial charge in [0.15, 0.2) is 0 Å². The molecule has 0 aliphatic carbocycles. The van der Waals surface area contributed by atoms with Crippen molar-refractivity contribution in [1.29, 1.82) is 0 Å². The Labute approximate surface area is 116 Å². The van der Waals surface area contributed by atoms with Crippen LogP contribution in [0.1, 0.15) is 46.0 Å². The quantitative estimate of drug-likeness (QED) is 0.786. The third kappa shape index (κ3) is 2.35. The van der Waals surface area contributed by atoms with Crippen LogP contribution in [0.2, 0.25) is 0 Å². The van der Waals surface area contributed by atoms with Gasteiger partial charge in [0.05, 0.1) is 6.61 Å². The molecule has 1 amide bonds. The number of hydrogen-bond acceptors (Lipinski definition) is 3. The minimum Gasteiger partial charge on any atom is -0.450 e. The Morgan fingerprint density at radius 1 is 1.11 bits per heavy atom. The van der Waals surface area contributed by atoms with Gasteiger partial charge in [0.2, 0.25) is 0 Å². The molecule has 108 valence electrons. The first kappa shape index (κ1) is 13.2. The Bertz CT molecular complexity index is 327. The van der Waals surface area contributed by atoms with Crippen LogP contribution in [0, 0.1) is 5.92 Å². The molecule has 0 spiro atoms. The number of hydrogen-bond donors (Lipinski definition) is 0. The van der Waals surface area contributed by atoms with E-state index in [2.05, 4.69) is 11.8 Å². The van der Waals surface area contributed by atoms with Crippen molar-refractivity contribution in [3.05, 3.63) is 0 Å². The predicted octanol–water partition coefficient (Wildman–Crippen LogP) is 2.48. The van der Waals surface area contributed by atoms with Crippen molar-refractivity contribution < 1.29 is 9.53 Å². The molecule has 19 heavy (non-hydrogen) atoms. The Hall–Kier alpha value is -0.770.